The van der Waals surface area contributed by atoms with Crippen LogP contribution in [0.2, 0.25) is 0 Å². The average molecular weight is 720 g/mol. The van der Waals surface area contributed by atoms with Crippen LogP contribution in [0.1, 0.15) is 150 Å². The molecule has 0 aromatic rings. The van der Waals surface area contributed by atoms with Crippen LogP contribution in [0, 0.1) is 40.4 Å². The zero-order valence-electron chi connectivity index (χ0n) is 34.2. The van der Waals surface area contributed by atoms with E-state index in [4.69, 9.17) is 37.1 Å². The van der Waals surface area contributed by atoms with Crippen molar-refractivity contribution in [2.75, 3.05) is 59.1 Å². The van der Waals surface area contributed by atoms with Crippen molar-refractivity contribution in [1.82, 2.24) is 4.90 Å². The van der Waals surface area contributed by atoms with Crippen LogP contribution in [0.25, 0.3) is 0 Å². The van der Waals surface area contributed by atoms with Crippen molar-refractivity contribution < 1.29 is 14.2 Å². The van der Waals surface area contributed by atoms with Crippen molar-refractivity contribution in [1.29, 1.82) is 0 Å². The van der Waals surface area contributed by atoms with Gasteiger partial charge in [-0.25, -0.2) is 0 Å². The molecule has 0 aromatic carbocycles. The lowest BCUT2D eigenvalue weighted by atomic mass is 9.41. The van der Waals surface area contributed by atoms with Crippen molar-refractivity contribution >= 4 is 0 Å². The standard InChI is InChI=1S/C43H85N5O3/c1-6-8-10-24-48(25-11-9-7-2)26-12-16-33(3)36-18-20-43(47)40-37(32-39(42(36,43)5)51-29-15-23-46)41(4)19-17-35(49-27-13-21-44)30-34(41)31-38(40)50-28-14-22-45/h33-40H,6-32,44-47H2,1-5H3/t33-,34?,35-,36-,37+,38?,39+,40?,41?,42+,43-/m1/s1. The zero-order valence-corrected chi connectivity index (χ0v) is 34.2. The zero-order chi connectivity index (χ0) is 36.9. The van der Waals surface area contributed by atoms with E-state index in [1.54, 1.807) is 0 Å². The molecule has 300 valence electrons. The number of rotatable bonds is 25. The quantitative estimate of drug-likeness (QED) is 0.0726. The lowest BCUT2D eigenvalue weighted by molar-refractivity contribution is -0.234. The molecule has 0 radical (unpaired) electrons. The molecule has 0 spiro atoms. The van der Waals surface area contributed by atoms with Gasteiger partial charge in [0.05, 0.1) is 18.3 Å². The summed E-state index contributed by atoms with van der Waals surface area (Å²) in [5, 5.41) is 0. The van der Waals surface area contributed by atoms with Crippen LogP contribution < -0.4 is 22.9 Å². The molecular weight excluding hydrogens is 635 g/mol. The van der Waals surface area contributed by atoms with Crippen LogP contribution in [0.4, 0.5) is 0 Å². The predicted molar refractivity (Wildman–Crippen MR) is 214 cm³/mol. The Hall–Kier alpha value is -0.320. The largest absolute Gasteiger partial charge is 0.378 e. The van der Waals surface area contributed by atoms with Crippen LogP contribution in [0.15, 0.2) is 0 Å². The lowest BCUT2D eigenvalue weighted by Gasteiger charge is -2.68. The summed E-state index contributed by atoms with van der Waals surface area (Å²) in [4.78, 5) is 2.77. The minimum Gasteiger partial charge on any atom is -0.378 e. The highest BCUT2D eigenvalue weighted by molar-refractivity contribution is 5.24. The van der Waals surface area contributed by atoms with Gasteiger partial charge in [-0.05, 0) is 158 Å². The van der Waals surface area contributed by atoms with Crippen molar-refractivity contribution in [2.45, 2.75) is 174 Å². The number of fused-ring (bicyclic) bond motifs is 5. The number of hydrogen-bond acceptors (Lipinski definition) is 8. The first-order valence-electron chi connectivity index (χ1n) is 22.1. The molecule has 51 heavy (non-hydrogen) atoms. The van der Waals surface area contributed by atoms with E-state index >= 15 is 0 Å². The van der Waals surface area contributed by atoms with Crippen LogP contribution in [-0.2, 0) is 14.2 Å². The van der Waals surface area contributed by atoms with E-state index in [1.807, 2.05) is 0 Å². The van der Waals surface area contributed by atoms with E-state index in [0.717, 1.165) is 71.2 Å². The average Bonchev–Trinajstić information content (AvgIpc) is 3.40. The van der Waals surface area contributed by atoms with Crippen molar-refractivity contribution in [3.8, 4) is 0 Å². The van der Waals surface area contributed by atoms with Gasteiger partial charge in [0, 0.05) is 36.7 Å². The van der Waals surface area contributed by atoms with Gasteiger partial charge in [0.2, 0.25) is 0 Å². The summed E-state index contributed by atoms with van der Waals surface area (Å²) in [7, 11) is 0. The molecule has 8 N–H and O–H groups in total. The fraction of sp³-hybridized carbons (Fsp3) is 1.00. The number of nitrogens with two attached hydrogens (primary N) is 4. The van der Waals surface area contributed by atoms with E-state index in [0.29, 0.717) is 55.3 Å². The Bertz CT molecular complexity index is 964. The molecule has 4 rings (SSSR count). The number of nitrogens with zero attached hydrogens (tertiary/aromatic N) is 1. The Morgan fingerprint density at radius 1 is 0.706 bits per heavy atom. The number of unbranched alkanes of at least 4 members (excludes halogenated alkanes) is 4. The maximum absolute atomic E-state index is 8.12. The van der Waals surface area contributed by atoms with Crippen molar-refractivity contribution in [3.05, 3.63) is 0 Å². The Morgan fingerprint density at radius 3 is 1.94 bits per heavy atom. The third-order valence-electron chi connectivity index (χ3n) is 15.1. The van der Waals surface area contributed by atoms with Gasteiger partial charge < -0.3 is 42.0 Å². The van der Waals surface area contributed by atoms with Gasteiger partial charge in [0.15, 0.2) is 0 Å². The van der Waals surface area contributed by atoms with E-state index in [2.05, 4.69) is 39.5 Å². The van der Waals surface area contributed by atoms with Gasteiger partial charge in [0.1, 0.15) is 0 Å². The van der Waals surface area contributed by atoms with Gasteiger partial charge in [0.25, 0.3) is 0 Å². The number of ether oxygens (including phenoxy) is 3. The van der Waals surface area contributed by atoms with Crippen molar-refractivity contribution in [3.63, 3.8) is 0 Å². The molecule has 0 saturated heterocycles. The third-order valence-corrected chi connectivity index (χ3v) is 15.1. The highest BCUT2D eigenvalue weighted by Gasteiger charge is 2.72. The maximum atomic E-state index is 8.12. The molecule has 0 aromatic heterocycles. The van der Waals surface area contributed by atoms with Gasteiger partial charge in [-0.3, -0.25) is 0 Å². The first-order valence-corrected chi connectivity index (χ1v) is 22.1. The predicted octanol–water partition coefficient (Wildman–Crippen LogP) is 7.25. The van der Waals surface area contributed by atoms with Crippen LogP contribution in [-0.4, -0.2) is 87.8 Å². The minimum atomic E-state index is -0.329. The second-order valence-corrected chi connectivity index (χ2v) is 18.1. The molecule has 4 aliphatic carbocycles. The first-order chi connectivity index (χ1) is 24.6. The fourth-order valence-corrected chi connectivity index (χ4v) is 12.0. The van der Waals surface area contributed by atoms with Crippen molar-refractivity contribution in [2.24, 2.45) is 63.4 Å². The van der Waals surface area contributed by atoms with Gasteiger partial charge in [-0.2, -0.15) is 0 Å². The monoisotopic (exact) mass is 720 g/mol. The summed E-state index contributed by atoms with van der Waals surface area (Å²) >= 11 is 0. The summed E-state index contributed by atoms with van der Waals surface area (Å²) in [6.07, 6.45) is 21.7. The molecule has 4 unspecified atom stereocenters. The van der Waals surface area contributed by atoms with E-state index in [-0.39, 0.29) is 28.6 Å². The molecule has 0 heterocycles. The minimum absolute atomic E-state index is 0.106. The smallest absolute Gasteiger partial charge is 0.0652 e. The Kier molecular flexibility index (Phi) is 18.0. The highest BCUT2D eigenvalue weighted by atomic mass is 16.5. The number of hydrogen-bond donors (Lipinski definition) is 4. The maximum Gasteiger partial charge on any atom is 0.0652 e. The molecule has 0 bridgehead atoms. The SMILES string of the molecule is CCCCCN(CCCCC)CCC[C@@H](C)[C@H]1CC[C@@]2(N)C3C(OCCCN)CC4C[C@H](OCCCN)CCC4(C)[C@H]3C[C@H](OCCCN)[C@]12C. The summed E-state index contributed by atoms with van der Waals surface area (Å²) in [6, 6.07) is 0. The molecular formula is C43H85N5O3. The molecule has 11 atom stereocenters. The fourth-order valence-electron chi connectivity index (χ4n) is 12.0. The van der Waals surface area contributed by atoms with E-state index < -0.39 is 0 Å². The molecule has 0 amide bonds. The highest BCUT2D eigenvalue weighted by Crippen LogP contribution is 2.70. The molecule has 4 saturated carbocycles. The van der Waals surface area contributed by atoms with Crippen LogP contribution in [0.5, 0.6) is 0 Å². The summed E-state index contributed by atoms with van der Waals surface area (Å²) in [5.41, 5.74) is 25.7. The Balaban J connectivity index is 1.58. The van der Waals surface area contributed by atoms with Gasteiger partial charge in [-0.1, -0.05) is 60.3 Å². The normalized spacial score (nSPS) is 36.9. The molecule has 8 nitrogen and oxygen atoms in total. The lowest BCUT2D eigenvalue weighted by Crippen LogP contribution is -2.74. The molecule has 4 aliphatic rings. The van der Waals surface area contributed by atoms with Crippen LogP contribution >= 0.6 is 0 Å². The molecule has 0 aliphatic heterocycles. The Labute approximate surface area is 315 Å². The molecule has 4 fully saturated rings. The van der Waals surface area contributed by atoms with Gasteiger partial charge >= 0.3 is 0 Å². The van der Waals surface area contributed by atoms with E-state index in [9.17, 15) is 0 Å². The van der Waals surface area contributed by atoms with Gasteiger partial charge in [-0.15, -0.1) is 0 Å². The first kappa shape index (κ1) is 43.4. The second-order valence-electron chi connectivity index (χ2n) is 18.1. The second kappa shape index (κ2) is 21.1. The summed E-state index contributed by atoms with van der Waals surface area (Å²) in [5.74, 6) is 2.51. The van der Waals surface area contributed by atoms with E-state index in [1.165, 1.54) is 83.8 Å². The summed E-state index contributed by atoms with van der Waals surface area (Å²) < 4.78 is 20.4. The summed E-state index contributed by atoms with van der Waals surface area (Å²) in [6.45, 7) is 20.3. The van der Waals surface area contributed by atoms with Crippen LogP contribution in [0.3, 0.4) is 0 Å². The topological polar surface area (TPSA) is 135 Å². The third kappa shape index (κ3) is 10.1. The Morgan fingerprint density at radius 2 is 1.31 bits per heavy atom. The molecule has 8 heteroatoms.